The normalized spacial score (nSPS) is 11.2. The SMILES string of the molecule is [Li+].[Li+].c1ccc(-c2ccc3c4ccc(-c5ccccc5)cc4[c-](C(c4ccccc4)(c4ccccc4)[c-]4cccc4)c3c2)cc1. The third-order valence-corrected chi connectivity index (χ3v) is 8.97. The first-order chi connectivity index (χ1) is 21.3. The third-order valence-electron chi connectivity index (χ3n) is 8.97. The zero-order chi connectivity index (χ0) is 28.6. The maximum atomic E-state index is 2.42. The molecular formula is C43H30Li2. The van der Waals surface area contributed by atoms with Gasteiger partial charge < -0.3 is 0 Å². The predicted octanol–water partition coefficient (Wildman–Crippen LogP) is 5.16. The fourth-order valence-corrected chi connectivity index (χ4v) is 7.07. The van der Waals surface area contributed by atoms with Crippen molar-refractivity contribution in [1.29, 1.82) is 0 Å². The van der Waals surface area contributed by atoms with Crippen molar-refractivity contribution in [2.45, 2.75) is 5.41 Å². The van der Waals surface area contributed by atoms with E-state index in [1.54, 1.807) is 0 Å². The Morgan fingerprint density at radius 3 is 1.13 bits per heavy atom. The van der Waals surface area contributed by atoms with E-state index in [1.807, 2.05) is 0 Å². The predicted molar refractivity (Wildman–Crippen MR) is 182 cm³/mol. The Morgan fingerprint density at radius 2 is 0.733 bits per heavy atom. The second kappa shape index (κ2) is 13.0. The van der Waals surface area contributed by atoms with Crippen molar-refractivity contribution in [3.63, 3.8) is 0 Å². The molecule has 204 valence electrons. The van der Waals surface area contributed by atoms with E-state index < -0.39 is 5.41 Å². The van der Waals surface area contributed by atoms with Gasteiger partial charge in [-0.05, 0) is 27.7 Å². The van der Waals surface area contributed by atoms with Gasteiger partial charge in [0.15, 0.2) is 0 Å². The van der Waals surface area contributed by atoms with E-state index in [0.29, 0.717) is 0 Å². The minimum atomic E-state index is -0.531. The third kappa shape index (κ3) is 5.16. The van der Waals surface area contributed by atoms with Gasteiger partial charge in [-0.15, -0.1) is 44.8 Å². The zero-order valence-corrected chi connectivity index (χ0v) is 25.8. The number of hydrogen-bond donors (Lipinski definition) is 0. The van der Waals surface area contributed by atoms with Crippen LogP contribution in [-0.4, -0.2) is 0 Å². The molecule has 0 spiro atoms. The summed E-state index contributed by atoms with van der Waals surface area (Å²) in [6.45, 7) is 0. The molecule has 0 saturated heterocycles. The number of fused-ring (bicyclic) bond motifs is 3. The molecule has 0 heterocycles. The van der Waals surface area contributed by atoms with Crippen LogP contribution < -0.4 is 37.7 Å². The van der Waals surface area contributed by atoms with Gasteiger partial charge >= 0.3 is 37.7 Å². The van der Waals surface area contributed by atoms with Gasteiger partial charge in [0.25, 0.3) is 0 Å². The van der Waals surface area contributed by atoms with Gasteiger partial charge in [-0.1, -0.05) is 157 Å². The molecule has 0 atom stereocenters. The van der Waals surface area contributed by atoms with Crippen LogP contribution in [0.1, 0.15) is 22.3 Å². The summed E-state index contributed by atoms with van der Waals surface area (Å²) in [4.78, 5) is 0. The molecule has 0 aromatic heterocycles. The minimum absolute atomic E-state index is 0. The average Bonchev–Trinajstić information content (AvgIpc) is 3.74. The van der Waals surface area contributed by atoms with Gasteiger partial charge in [0.2, 0.25) is 0 Å². The molecule has 0 fully saturated rings. The van der Waals surface area contributed by atoms with E-state index in [1.165, 1.54) is 66.1 Å². The molecule has 0 N–H and O–H groups in total. The first kappa shape index (κ1) is 30.7. The van der Waals surface area contributed by atoms with Crippen molar-refractivity contribution >= 4 is 21.5 Å². The van der Waals surface area contributed by atoms with Gasteiger partial charge in [0.1, 0.15) is 0 Å². The van der Waals surface area contributed by atoms with Crippen molar-refractivity contribution in [3.8, 4) is 22.3 Å². The van der Waals surface area contributed by atoms with Crippen LogP contribution in [0.15, 0.2) is 182 Å². The summed E-state index contributed by atoms with van der Waals surface area (Å²) >= 11 is 0. The van der Waals surface area contributed by atoms with Gasteiger partial charge in [-0.2, -0.15) is 12.1 Å². The molecule has 0 radical (unpaired) electrons. The van der Waals surface area contributed by atoms with Crippen molar-refractivity contribution in [2.75, 3.05) is 0 Å². The molecule has 0 unspecified atom stereocenters. The van der Waals surface area contributed by atoms with Crippen LogP contribution >= 0.6 is 0 Å². The van der Waals surface area contributed by atoms with E-state index in [4.69, 9.17) is 0 Å². The maximum absolute atomic E-state index is 2.42. The Hall–Kier alpha value is -4.27. The molecule has 0 amide bonds. The molecular weight excluding hydrogens is 530 g/mol. The second-order valence-electron chi connectivity index (χ2n) is 11.3. The van der Waals surface area contributed by atoms with Gasteiger partial charge in [-0.3, -0.25) is 0 Å². The number of benzene rings is 6. The van der Waals surface area contributed by atoms with Crippen LogP contribution in [0.5, 0.6) is 0 Å². The number of hydrogen-bond acceptors (Lipinski definition) is 0. The number of rotatable bonds is 6. The largest absolute Gasteiger partial charge is 1.00 e. The molecule has 8 rings (SSSR count). The molecule has 0 nitrogen and oxygen atoms in total. The summed E-state index contributed by atoms with van der Waals surface area (Å²) in [6, 6.07) is 66.6. The van der Waals surface area contributed by atoms with Crippen molar-refractivity contribution < 1.29 is 37.7 Å². The van der Waals surface area contributed by atoms with E-state index in [0.717, 1.165) is 0 Å². The molecule has 8 aromatic rings. The first-order valence-corrected chi connectivity index (χ1v) is 14.9. The zero-order valence-electron chi connectivity index (χ0n) is 25.8. The summed E-state index contributed by atoms with van der Waals surface area (Å²) in [5.74, 6) is 0. The molecule has 45 heavy (non-hydrogen) atoms. The van der Waals surface area contributed by atoms with Crippen molar-refractivity contribution in [2.24, 2.45) is 0 Å². The summed E-state index contributed by atoms with van der Waals surface area (Å²) < 4.78 is 0. The van der Waals surface area contributed by atoms with Crippen LogP contribution in [0, 0.1) is 0 Å². The quantitative estimate of drug-likeness (QED) is 0.195. The Bertz CT molecular complexity index is 2010. The molecule has 2 heteroatoms. The van der Waals surface area contributed by atoms with Crippen LogP contribution in [0.25, 0.3) is 43.8 Å². The van der Waals surface area contributed by atoms with Crippen molar-refractivity contribution in [3.05, 3.63) is 204 Å². The van der Waals surface area contributed by atoms with Gasteiger partial charge in [0.05, 0.1) is 0 Å². The second-order valence-corrected chi connectivity index (χ2v) is 11.3. The van der Waals surface area contributed by atoms with Gasteiger partial charge in [-0.25, -0.2) is 12.1 Å². The van der Waals surface area contributed by atoms with Crippen LogP contribution in [0.2, 0.25) is 0 Å². The van der Waals surface area contributed by atoms with Crippen LogP contribution in [-0.2, 0) is 5.41 Å². The van der Waals surface area contributed by atoms with E-state index in [9.17, 15) is 0 Å². The summed E-state index contributed by atoms with van der Waals surface area (Å²) in [5.41, 5.74) is 9.50. The monoisotopic (exact) mass is 560 g/mol. The van der Waals surface area contributed by atoms with Gasteiger partial charge in [0, 0.05) is 0 Å². The fourth-order valence-electron chi connectivity index (χ4n) is 7.07. The molecule has 8 aromatic carbocycles. The Morgan fingerprint density at radius 1 is 0.356 bits per heavy atom. The smallest absolute Gasteiger partial charge is 0.213 e. The molecule has 0 bridgehead atoms. The van der Waals surface area contributed by atoms with Crippen LogP contribution in [0.3, 0.4) is 0 Å². The fraction of sp³-hybridized carbons (Fsp3) is 0.0233. The molecule has 0 saturated carbocycles. The summed E-state index contributed by atoms with van der Waals surface area (Å²) in [7, 11) is 0. The topological polar surface area (TPSA) is 0 Å². The molecule has 0 aliphatic carbocycles. The first-order valence-electron chi connectivity index (χ1n) is 14.9. The van der Waals surface area contributed by atoms with E-state index >= 15 is 0 Å². The maximum Gasteiger partial charge on any atom is 1.00 e. The summed E-state index contributed by atoms with van der Waals surface area (Å²) in [5, 5.41) is 5.14. The van der Waals surface area contributed by atoms with E-state index in [-0.39, 0.29) is 37.7 Å². The molecule has 0 aliphatic heterocycles. The minimum Gasteiger partial charge on any atom is -0.213 e. The van der Waals surface area contributed by atoms with Crippen molar-refractivity contribution in [1.82, 2.24) is 0 Å². The Balaban J connectivity index is 0.00000179. The average molecular weight is 561 g/mol. The summed E-state index contributed by atoms with van der Waals surface area (Å²) in [6.07, 6.45) is 0. The standard InChI is InChI=1S/C43H30.2Li/c1-5-15-31(16-6-1)33-25-27-38-39-28-26-34(32-17-7-2-8-18-32)30-41(39)42(40(38)29-33)43(37-23-13-14-24-37,35-19-9-3-10-20-35)36-21-11-4-12-22-36;;/h1-30H;;/q-2;2*+1. The van der Waals surface area contributed by atoms with Crippen LogP contribution in [0.4, 0.5) is 0 Å². The molecule has 0 aliphatic rings. The Labute approximate surface area is 289 Å². The Kier molecular flexibility index (Phi) is 8.88. The van der Waals surface area contributed by atoms with E-state index in [2.05, 4.69) is 182 Å².